The first kappa shape index (κ1) is 18.5. The highest BCUT2D eigenvalue weighted by Crippen LogP contribution is 2.27. The number of nitrogens with zero attached hydrogens (tertiary/aromatic N) is 6. The van der Waals surface area contributed by atoms with Crippen LogP contribution in [0.5, 0.6) is 0 Å². The Morgan fingerprint density at radius 1 is 1.31 bits per heavy atom. The number of nitrogens with one attached hydrogen (secondary N) is 1. The number of imidazole rings is 2. The second-order valence-electron chi connectivity index (χ2n) is 7.14. The van der Waals surface area contributed by atoms with Gasteiger partial charge in [-0.2, -0.15) is 0 Å². The van der Waals surface area contributed by atoms with Crippen LogP contribution in [0, 0.1) is 12.8 Å². The SMILES string of the molecule is CN=C(NCCCCn1ccnc1C)N1CCC(C)C(n2ccnc2)C1. The molecule has 7 heteroatoms. The van der Waals surface area contributed by atoms with E-state index in [1.165, 1.54) is 6.42 Å². The fourth-order valence-corrected chi connectivity index (χ4v) is 3.67. The maximum atomic E-state index is 4.51. The second kappa shape index (κ2) is 8.87. The fourth-order valence-electron chi connectivity index (χ4n) is 3.67. The van der Waals surface area contributed by atoms with Crippen molar-refractivity contribution in [1.82, 2.24) is 29.3 Å². The molecule has 2 atom stereocenters. The lowest BCUT2D eigenvalue weighted by atomic mass is 9.93. The van der Waals surface area contributed by atoms with Crippen molar-refractivity contribution in [2.75, 3.05) is 26.7 Å². The van der Waals surface area contributed by atoms with Gasteiger partial charge in [-0.3, -0.25) is 4.99 Å². The fraction of sp³-hybridized carbons (Fsp3) is 0.632. The van der Waals surface area contributed by atoms with Gasteiger partial charge in [-0.25, -0.2) is 9.97 Å². The Hall–Kier alpha value is -2.31. The van der Waals surface area contributed by atoms with Crippen molar-refractivity contribution >= 4 is 5.96 Å². The highest BCUT2D eigenvalue weighted by Gasteiger charge is 2.28. The van der Waals surface area contributed by atoms with Gasteiger partial charge in [0, 0.05) is 58.0 Å². The molecule has 0 amide bonds. The molecule has 1 aliphatic heterocycles. The number of hydrogen-bond donors (Lipinski definition) is 1. The van der Waals surface area contributed by atoms with Crippen LogP contribution in [-0.2, 0) is 6.54 Å². The van der Waals surface area contributed by atoms with Crippen LogP contribution < -0.4 is 5.32 Å². The van der Waals surface area contributed by atoms with E-state index < -0.39 is 0 Å². The molecule has 3 rings (SSSR count). The zero-order chi connectivity index (χ0) is 18.4. The number of hydrogen-bond acceptors (Lipinski definition) is 3. The van der Waals surface area contributed by atoms with Crippen molar-refractivity contribution < 1.29 is 0 Å². The van der Waals surface area contributed by atoms with E-state index in [2.05, 4.69) is 47.4 Å². The Kier molecular flexibility index (Phi) is 6.30. The van der Waals surface area contributed by atoms with Gasteiger partial charge in [0.15, 0.2) is 5.96 Å². The van der Waals surface area contributed by atoms with Gasteiger partial charge in [-0.1, -0.05) is 6.92 Å². The summed E-state index contributed by atoms with van der Waals surface area (Å²) in [5, 5.41) is 3.54. The molecule has 0 aliphatic carbocycles. The average molecular weight is 358 g/mol. The molecular formula is C19H31N7. The van der Waals surface area contributed by atoms with E-state index in [1.54, 1.807) is 0 Å². The lowest BCUT2D eigenvalue weighted by Gasteiger charge is -2.39. The maximum absolute atomic E-state index is 4.51. The normalized spacial score (nSPS) is 21.2. The molecule has 3 heterocycles. The second-order valence-corrected chi connectivity index (χ2v) is 7.14. The molecule has 0 spiro atoms. The molecule has 0 aromatic carbocycles. The summed E-state index contributed by atoms with van der Waals surface area (Å²) in [7, 11) is 1.88. The molecule has 1 fully saturated rings. The summed E-state index contributed by atoms with van der Waals surface area (Å²) in [5.41, 5.74) is 0. The van der Waals surface area contributed by atoms with E-state index in [0.29, 0.717) is 12.0 Å². The lowest BCUT2D eigenvalue weighted by Crippen LogP contribution is -2.49. The zero-order valence-electron chi connectivity index (χ0n) is 16.2. The predicted octanol–water partition coefficient (Wildman–Crippen LogP) is 2.33. The van der Waals surface area contributed by atoms with Gasteiger partial charge in [0.25, 0.3) is 0 Å². The Balaban J connectivity index is 1.45. The first-order chi connectivity index (χ1) is 12.7. The van der Waals surface area contributed by atoms with Gasteiger partial charge in [0.2, 0.25) is 0 Å². The van der Waals surface area contributed by atoms with E-state index in [4.69, 9.17) is 0 Å². The molecular weight excluding hydrogens is 326 g/mol. The third kappa shape index (κ3) is 4.45. The van der Waals surface area contributed by atoms with Crippen molar-refractivity contribution in [3.8, 4) is 0 Å². The molecule has 0 radical (unpaired) electrons. The van der Waals surface area contributed by atoms with Gasteiger partial charge in [0.1, 0.15) is 5.82 Å². The summed E-state index contributed by atoms with van der Waals surface area (Å²) in [5.74, 6) is 2.75. The number of aromatic nitrogens is 4. The standard InChI is InChI=1S/C19H31N7/c1-16-6-11-25(14-18(16)26-12-8-21-15-26)19(20-3)23-7-4-5-10-24-13-9-22-17(24)2/h8-9,12-13,15-16,18H,4-7,10-11,14H2,1-3H3,(H,20,23). The molecule has 0 bridgehead atoms. The quantitative estimate of drug-likeness (QED) is 0.490. The molecule has 0 saturated carbocycles. The summed E-state index contributed by atoms with van der Waals surface area (Å²) < 4.78 is 4.44. The van der Waals surface area contributed by atoms with E-state index in [-0.39, 0.29) is 0 Å². The van der Waals surface area contributed by atoms with Crippen LogP contribution in [0.25, 0.3) is 0 Å². The van der Waals surface area contributed by atoms with Gasteiger partial charge >= 0.3 is 0 Å². The molecule has 1 saturated heterocycles. The molecule has 26 heavy (non-hydrogen) atoms. The first-order valence-corrected chi connectivity index (χ1v) is 9.60. The summed E-state index contributed by atoms with van der Waals surface area (Å²) in [6.07, 6.45) is 13.2. The monoisotopic (exact) mass is 357 g/mol. The summed E-state index contributed by atoms with van der Waals surface area (Å²) >= 11 is 0. The third-order valence-electron chi connectivity index (χ3n) is 5.37. The number of guanidine groups is 1. The average Bonchev–Trinajstić information content (AvgIpc) is 3.31. The Morgan fingerprint density at radius 2 is 2.19 bits per heavy atom. The first-order valence-electron chi connectivity index (χ1n) is 9.60. The summed E-state index contributed by atoms with van der Waals surface area (Å²) in [4.78, 5) is 15.4. The minimum absolute atomic E-state index is 0.453. The van der Waals surface area contributed by atoms with Gasteiger partial charge in [-0.05, 0) is 32.1 Å². The Morgan fingerprint density at radius 3 is 2.88 bits per heavy atom. The number of aryl methyl sites for hydroxylation is 2. The van der Waals surface area contributed by atoms with Gasteiger partial charge < -0.3 is 19.4 Å². The van der Waals surface area contributed by atoms with E-state index >= 15 is 0 Å². The number of likely N-dealkylation sites (tertiary alicyclic amines) is 1. The van der Waals surface area contributed by atoms with Crippen molar-refractivity contribution in [1.29, 1.82) is 0 Å². The molecule has 1 N–H and O–H groups in total. The number of aliphatic imine (C=N–C) groups is 1. The lowest BCUT2D eigenvalue weighted by molar-refractivity contribution is 0.189. The van der Waals surface area contributed by atoms with E-state index in [0.717, 1.165) is 50.8 Å². The van der Waals surface area contributed by atoms with E-state index in [1.807, 2.05) is 38.9 Å². The van der Waals surface area contributed by atoms with Crippen LogP contribution in [0.3, 0.4) is 0 Å². The molecule has 1 aliphatic rings. The third-order valence-corrected chi connectivity index (χ3v) is 5.37. The number of unbranched alkanes of at least 4 members (excludes halogenated alkanes) is 1. The number of rotatable bonds is 6. The summed E-state index contributed by atoms with van der Waals surface area (Å²) in [6, 6.07) is 0.453. The minimum atomic E-state index is 0.453. The van der Waals surface area contributed by atoms with Crippen molar-refractivity contribution in [3.63, 3.8) is 0 Å². The molecule has 142 valence electrons. The van der Waals surface area contributed by atoms with Crippen LogP contribution in [0.1, 0.15) is 38.1 Å². The zero-order valence-corrected chi connectivity index (χ0v) is 16.2. The molecule has 7 nitrogen and oxygen atoms in total. The predicted molar refractivity (Wildman–Crippen MR) is 104 cm³/mol. The minimum Gasteiger partial charge on any atom is -0.356 e. The van der Waals surface area contributed by atoms with Crippen LogP contribution in [-0.4, -0.2) is 56.6 Å². The maximum Gasteiger partial charge on any atom is 0.193 e. The Labute approximate surface area is 156 Å². The van der Waals surface area contributed by atoms with Gasteiger partial charge in [0.05, 0.1) is 12.4 Å². The summed E-state index contributed by atoms with van der Waals surface area (Å²) in [6.45, 7) is 8.38. The van der Waals surface area contributed by atoms with Crippen LogP contribution >= 0.6 is 0 Å². The highest BCUT2D eigenvalue weighted by molar-refractivity contribution is 5.80. The van der Waals surface area contributed by atoms with Crippen LogP contribution in [0.15, 0.2) is 36.1 Å². The largest absolute Gasteiger partial charge is 0.356 e. The highest BCUT2D eigenvalue weighted by atomic mass is 15.3. The molecule has 2 aromatic heterocycles. The van der Waals surface area contributed by atoms with Crippen molar-refractivity contribution in [2.24, 2.45) is 10.9 Å². The van der Waals surface area contributed by atoms with Crippen LogP contribution in [0.2, 0.25) is 0 Å². The van der Waals surface area contributed by atoms with Crippen LogP contribution in [0.4, 0.5) is 0 Å². The number of piperidine rings is 1. The van der Waals surface area contributed by atoms with E-state index in [9.17, 15) is 0 Å². The molecule has 2 unspecified atom stereocenters. The van der Waals surface area contributed by atoms with Crippen molar-refractivity contribution in [2.45, 2.75) is 45.7 Å². The topological polar surface area (TPSA) is 63.3 Å². The van der Waals surface area contributed by atoms with Gasteiger partial charge in [-0.15, -0.1) is 0 Å². The smallest absolute Gasteiger partial charge is 0.193 e. The molecule has 2 aromatic rings. The van der Waals surface area contributed by atoms with Crippen molar-refractivity contribution in [3.05, 3.63) is 36.9 Å². The Bertz CT molecular complexity index is 689.